The maximum absolute atomic E-state index is 14.5. The number of cyclic esters (lactones) is 1. The van der Waals surface area contributed by atoms with Gasteiger partial charge in [0.25, 0.3) is 5.56 Å². The first-order valence-corrected chi connectivity index (χ1v) is 38.7. The van der Waals surface area contributed by atoms with Gasteiger partial charge in [0.05, 0.1) is 24.3 Å². The Morgan fingerprint density at radius 1 is 0.617 bits per heavy atom. The van der Waals surface area contributed by atoms with Crippen molar-refractivity contribution in [1.82, 2.24) is 52.4 Å². The summed E-state index contributed by atoms with van der Waals surface area (Å²) in [5.41, 5.74) is 23.7. The minimum Gasteiger partial charge on any atom is -0.508 e. The molecular formula is C74H104N14O17S2. The summed E-state index contributed by atoms with van der Waals surface area (Å²) in [6, 6.07) is 8.92. The molecule has 0 bridgehead atoms. The Morgan fingerprint density at radius 3 is 1.78 bits per heavy atom. The summed E-state index contributed by atoms with van der Waals surface area (Å²) in [5, 5.41) is 35.7. The van der Waals surface area contributed by atoms with Gasteiger partial charge in [-0.25, -0.2) is 4.79 Å². The Balaban J connectivity index is 1.05. The number of amides is 11. The highest BCUT2D eigenvalue weighted by Crippen LogP contribution is 2.42. The molecular weight excluding hydrogens is 1420 g/mol. The minimum absolute atomic E-state index is 0.00206. The maximum atomic E-state index is 14.5. The summed E-state index contributed by atoms with van der Waals surface area (Å²) in [4.78, 5) is 191. The molecule has 0 saturated heterocycles. The van der Waals surface area contributed by atoms with E-state index in [9.17, 15) is 72.2 Å². The van der Waals surface area contributed by atoms with Gasteiger partial charge in [0.15, 0.2) is 0 Å². The van der Waals surface area contributed by atoms with E-state index < -0.39 is 162 Å². The molecule has 11 amide bonds. The van der Waals surface area contributed by atoms with E-state index in [1.165, 1.54) is 52.8 Å². The normalized spacial score (nSPS) is 16.1. The summed E-state index contributed by atoms with van der Waals surface area (Å²) in [7, 11) is 2.48. The van der Waals surface area contributed by atoms with Gasteiger partial charge in [0.1, 0.15) is 60.7 Å². The van der Waals surface area contributed by atoms with Crippen LogP contribution in [0.2, 0.25) is 0 Å². The standard InChI is InChI=1S/C74H104N14O17S2/c1-9-42(7)63(71(101)86-62(41(5)6)70(100)84-55(32-44-23-25-48(90)26-24-44)68(98)82-53(21-14-16-30-76)66(96)81-52(64(78)94)20-13-15-29-75)87-67(97)54(27-28-58(77)91)83-69(99)61(40(3)4)85-59(92)36-79-65(95)56(80-43(8)89)39-107-106-31-17-22-60(93)105-74(10-2)51-35-57-49-34-46-19-12-11-18-45(46)33-47(49)37-88(57)72(102)50(51)38-104-73(74)103/h11-12,18-19,23-26,33-35,40-42,52-56,61-63,90H,9-10,13-17,20-22,27-32,36-39,75-76H2,1-8H3,(H2,77,91)(H2,78,94)(H,79,95)(H,80,89)(H,81,96)(H,82,98)(H,83,99)(H,84,100)(H,85,92)(H,86,101)(H,87,97)/t42-,52-,53+,54+,55-,56-,61-,62+,63-,74-/m0/s1. The Labute approximate surface area is 629 Å². The number of nitrogens with one attached hydrogen (secondary N) is 9. The molecule has 1 aromatic heterocycles. The number of esters is 2. The number of phenols is 1. The second-order valence-corrected chi connectivity index (χ2v) is 30.2. The van der Waals surface area contributed by atoms with Crippen molar-refractivity contribution in [2.45, 2.75) is 206 Å². The highest BCUT2D eigenvalue weighted by molar-refractivity contribution is 8.76. The van der Waals surface area contributed by atoms with Gasteiger partial charge in [-0.3, -0.25) is 62.3 Å². The second-order valence-electron chi connectivity index (χ2n) is 27.6. The van der Waals surface area contributed by atoms with Gasteiger partial charge in [0, 0.05) is 48.8 Å². The van der Waals surface area contributed by atoms with Crippen molar-refractivity contribution in [1.29, 1.82) is 0 Å². The zero-order chi connectivity index (χ0) is 78.8. The predicted octanol–water partition coefficient (Wildman–Crippen LogP) is 1.73. The first kappa shape index (κ1) is 86.3. The van der Waals surface area contributed by atoms with Gasteiger partial charge in [0.2, 0.25) is 70.6 Å². The maximum Gasteiger partial charge on any atom is 0.355 e. The number of unbranched alkanes of at least 4 members (excludes halogenated alkanes) is 2. The highest BCUT2D eigenvalue weighted by Gasteiger charge is 2.50. The van der Waals surface area contributed by atoms with E-state index in [-0.39, 0.29) is 86.3 Å². The first-order valence-electron chi connectivity index (χ1n) is 36.2. The van der Waals surface area contributed by atoms with Crippen molar-refractivity contribution in [3.63, 3.8) is 0 Å². The molecule has 0 radical (unpaired) electrons. The van der Waals surface area contributed by atoms with Crippen molar-refractivity contribution in [2.24, 2.45) is 40.7 Å². The molecule has 0 aliphatic carbocycles. The number of aromatic nitrogens is 1. The van der Waals surface area contributed by atoms with Crippen LogP contribution in [-0.4, -0.2) is 166 Å². The molecule has 584 valence electrons. The molecule has 10 atom stereocenters. The number of hydrogen-bond acceptors (Lipinski definition) is 21. The van der Waals surface area contributed by atoms with Crippen LogP contribution >= 0.6 is 21.6 Å². The molecule has 107 heavy (non-hydrogen) atoms. The zero-order valence-corrected chi connectivity index (χ0v) is 63.5. The number of benzene rings is 3. The molecule has 0 spiro atoms. The lowest BCUT2D eigenvalue weighted by Crippen LogP contribution is -2.62. The number of nitrogens with two attached hydrogens (primary N) is 4. The quantitative estimate of drug-likeness (QED) is 0.0150. The molecule has 2 aliphatic rings. The highest BCUT2D eigenvalue weighted by atomic mass is 33.1. The summed E-state index contributed by atoms with van der Waals surface area (Å²) in [6.45, 7) is 12.7. The number of carbonyl (C=O) groups excluding carboxylic acids is 13. The van der Waals surface area contributed by atoms with E-state index in [0.717, 1.165) is 21.9 Å². The lowest BCUT2D eigenvalue weighted by Gasteiger charge is -2.35. The monoisotopic (exact) mass is 1520 g/mol. The summed E-state index contributed by atoms with van der Waals surface area (Å²) < 4.78 is 13.1. The van der Waals surface area contributed by atoms with Crippen LogP contribution in [0.3, 0.4) is 0 Å². The topological polar surface area (TPSA) is 495 Å². The average Bonchev–Trinajstić information content (AvgIpc) is 1.66. The van der Waals surface area contributed by atoms with Gasteiger partial charge in [-0.05, 0) is 141 Å². The number of ether oxygens (including phenoxy) is 2. The van der Waals surface area contributed by atoms with E-state index >= 15 is 0 Å². The Bertz CT molecular complexity index is 3930. The zero-order valence-electron chi connectivity index (χ0n) is 61.9. The largest absolute Gasteiger partial charge is 0.508 e. The molecule has 0 saturated carbocycles. The number of phenolic OH excluding ortho intramolecular Hbond substituents is 1. The van der Waals surface area contributed by atoms with E-state index in [1.807, 2.05) is 36.4 Å². The molecule has 6 rings (SSSR count). The third-order valence-electron chi connectivity index (χ3n) is 18.7. The van der Waals surface area contributed by atoms with Gasteiger partial charge in [-0.2, -0.15) is 0 Å². The fourth-order valence-corrected chi connectivity index (χ4v) is 14.7. The van der Waals surface area contributed by atoms with Crippen molar-refractivity contribution in [2.75, 3.05) is 31.1 Å². The third-order valence-corrected chi connectivity index (χ3v) is 21.2. The van der Waals surface area contributed by atoms with Crippen molar-refractivity contribution < 1.29 is 76.9 Å². The van der Waals surface area contributed by atoms with Crippen LogP contribution in [-0.2, 0) is 97.0 Å². The molecule has 3 aromatic carbocycles. The number of primary amides is 2. The fraction of sp³-hybridized carbons (Fsp3) is 0.541. The van der Waals surface area contributed by atoms with Gasteiger partial charge in [-0.15, -0.1) is 0 Å². The molecule has 3 heterocycles. The molecule has 33 heteroatoms. The SMILES string of the molecule is CC[C@H](C)[C@H](NC(=O)[C@@H](CCC(N)=O)NC(=O)[C@@H](NC(=O)CNC(=O)[C@H](CSSCCCC(=O)O[C@]1(CC)C(=O)OCc2c1cc1n(c2=O)Cc2cc3ccccc3cc2-1)NC(C)=O)C(C)C)C(=O)N[C@@H](C(=O)N[C@@H](Cc1ccc(O)cc1)C(=O)N[C@H](CCCCN)C(=O)N[C@@H](CCCCN)C(N)=O)C(C)C. The van der Waals surface area contributed by atoms with Crippen LogP contribution in [0.15, 0.2) is 71.5 Å². The molecule has 2 aliphatic heterocycles. The minimum atomic E-state index is -1.87. The van der Waals surface area contributed by atoms with Gasteiger partial charge < -0.3 is 89.9 Å². The van der Waals surface area contributed by atoms with Crippen LogP contribution in [0, 0.1) is 17.8 Å². The number of fused-ring (bicyclic) bond motifs is 5. The first-order chi connectivity index (χ1) is 50.9. The van der Waals surface area contributed by atoms with Crippen LogP contribution in [0.25, 0.3) is 22.0 Å². The molecule has 0 unspecified atom stereocenters. The van der Waals surface area contributed by atoms with Crippen LogP contribution in [0.5, 0.6) is 5.75 Å². The van der Waals surface area contributed by atoms with Gasteiger partial charge >= 0.3 is 11.9 Å². The third kappa shape index (κ3) is 24.5. The lowest BCUT2D eigenvalue weighted by atomic mass is 9.85. The molecule has 31 nitrogen and oxygen atoms in total. The van der Waals surface area contributed by atoms with Crippen LogP contribution in [0.1, 0.15) is 155 Å². The van der Waals surface area contributed by atoms with E-state index in [0.29, 0.717) is 62.2 Å². The van der Waals surface area contributed by atoms with E-state index in [4.69, 9.17) is 32.4 Å². The van der Waals surface area contributed by atoms with Gasteiger partial charge in [-0.1, -0.05) is 113 Å². The Morgan fingerprint density at radius 2 is 1.18 bits per heavy atom. The second kappa shape index (κ2) is 41.5. The van der Waals surface area contributed by atoms with E-state index in [1.54, 1.807) is 59.1 Å². The van der Waals surface area contributed by atoms with Crippen LogP contribution in [0.4, 0.5) is 0 Å². The number of aromatic hydroxyl groups is 1. The molecule has 0 fully saturated rings. The average molecular weight is 1530 g/mol. The number of nitrogens with zero attached hydrogens (tertiary/aromatic N) is 1. The fourth-order valence-electron chi connectivity index (χ4n) is 12.4. The molecule has 18 N–H and O–H groups in total. The number of carbonyl (C=O) groups is 13. The number of rotatable bonds is 44. The Kier molecular flexibility index (Phi) is 33.5. The molecule has 4 aromatic rings. The van der Waals surface area contributed by atoms with Crippen LogP contribution < -0.4 is 76.3 Å². The number of pyridine rings is 1. The van der Waals surface area contributed by atoms with E-state index in [2.05, 4.69) is 47.9 Å². The predicted molar refractivity (Wildman–Crippen MR) is 403 cm³/mol. The van der Waals surface area contributed by atoms with Crippen molar-refractivity contribution in [3.05, 3.63) is 99.3 Å². The Hall–Kier alpha value is -9.60. The number of hydrogen-bond donors (Lipinski definition) is 14. The lowest BCUT2D eigenvalue weighted by molar-refractivity contribution is -0.189. The summed E-state index contributed by atoms with van der Waals surface area (Å²) in [6.07, 6.45) is 1.68. The summed E-state index contributed by atoms with van der Waals surface area (Å²) in [5.74, 6) is -12.0. The summed E-state index contributed by atoms with van der Waals surface area (Å²) >= 11 is 0. The van der Waals surface area contributed by atoms with Crippen molar-refractivity contribution in [3.8, 4) is 17.0 Å². The smallest absolute Gasteiger partial charge is 0.355 e. The van der Waals surface area contributed by atoms with Crippen molar-refractivity contribution >= 4 is 109 Å².